The number of hydrogen-bond acceptors (Lipinski definition) is 7. The Morgan fingerprint density at radius 1 is 1.06 bits per heavy atom. The molecule has 0 saturated carbocycles. The SMILES string of the molecule is Cc1cccc(CCNc2c(C3Nc4cc(N5CCOCC5)cc(C)c4N3C)c(=O)[nH][nH]c2=O)c1. The van der Waals surface area contributed by atoms with E-state index in [0.717, 1.165) is 42.1 Å². The number of H-pyrrole nitrogens is 2. The lowest BCUT2D eigenvalue weighted by molar-refractivity contribution is 0.122. The lowest BCUT2D eigenvalue weighted by Crippen LogP contribution is -2.36. The molecule has 184 valence electrons. The van der Waals surface area contributed by atoms with Crippen molar-refractivity contribution in [1.82, 2.24) is 10.2 Å². The van der Waals surface area contributed by atoms with Crippen LogP contribution in [0.5, 0.6) is 0 Å². The summed E-state index contributed by atoms with van der Waals surface area (Å²) in [6.45, 7) is 7.79. The molecule has 0 amide bonds. The second-order valence-corrected chi connectivity index (χ2v) is 9.28. The minimum atomic E-state index is -0.476. The molecule has 1 unspecified atom stereocenters. The van der Waals surface area contributed by atoms with Gasteiger partial charge in [0.1, 0.15) is 11.9 Å². The third-order valence-electron chi connectivity index (χ3n) is 6.80. The zero-order valence-electron chi connectivity index (χ0n) is 20.4. The molecule has 0 radical (unpaired) electrons. The highest BCUT2D eigenvalue weighted by Gasteiger charge is 2.34. The van der Waals surface area contributed by atoms with E-state index in [1.807, 2.05) is 18.0 Å². The Kier molecular flexibility index (Phi) is 6.25. The molecule has 0 aliphatic carbocycles. The van der Waals surface area contributed by atoms with E-state index in [9.17, 15) is 9.59 Å². The van der Waals surface area contributed by atoms with Crippen molar-refractivity contribution in [1.29, 1.82) is 0 Å². The summed E-state index contributed by atoms with van der Waals surface area (Å²) in [4.78, 5) is 30.1. The van der Waals surface area contributed by atoms with Crippen LogP contribution in [0.1, 0.15) is 28.4 Å². The molecule has 4 N–H and O–H groups in total. The average molecular weight is 477 g/mol. The Labute approximate surface area is 204 Å². The van der Waals surface area contributed by atoms with Gasteiger partial charge >= 0.3 is 0 Å². The molecule has 35 heavy (non-hydrogen) atoms. The molecular formula is C26H32N6O3. The van der Waals surface area contributed by atoms with Crippen molar-refractivity contribution >= 4 is 22.7 Å². The van der Waals surface area contributed by atoms with E-state index in [1.54, 1.807) is 0 Å². The van der Waals surface area contributed by atoms with Gasteiger partial charge in [-0.3, -0.25) is 19.8 Å². The Morgan fingerprint density at radius 3 is 2.60 bits per heavy atom. The number of nitrogens with zero attached hydrogens (tertiary/aromatic N) is 2. The first-order valence-corrected chi connectivity index (χ1v) is 12.0. The van der Waals surface area contributed by atoms with Crippen LogP contribution in [-0.2, 0) is 11.2 Å². The maximum atomic E-state index is 13.0. The van der Waals surface area contributed by atoms with Crippen LogP contribution in [0, 0.1) is 13.8 Å². The van der Waals surface area contributed by atoms with Crippen LogP contribution in [0.2, 0.25) is 0 Å². The Balaban J connectivity index is 1.43. The van der Waals surface area contributed by atoms with Crippen molar-refractivity contribution in [3.05, 3.63) is 79.4 Å². The molecule has 1 atom stereocenters. The molecule has 1 saturated heterocycles. The number of aromatic amines is 2. The lowest BCUT2D eigenvalue weighted by atomic mass is 10.1. The van der Waals surface area contributed by atoms with Gasteiger partial charge in [0.2, 0.25) is 0 Å². The maximum Gasteiger partial charge on any atom is 0.286 e. The zero-order valence-corrected chi connectivity index (χ0v) is 20.4. The fourth-order valence-electron chi connectivity index (χ4n) is 5.10. The van der Waals surface area contributed by atoms with E-state index in [4.69, 9.17) is 4.74 Å². The van der Waals surface area contributed by atoms with Crippen LogP contribution >= 0.6 is 0 Å². The molecular weight excluding hydrogens is 444 g/mol. The number of morpholine rings is 1. The highest BCUT2D eigenvalue weighted by molar-refractivity contribution is 5.84. The summed E-state index contributed by atoms with van der Waals surface area (Å²) in [6, 6.07) is 12.6. The molecule has 2 aromatic carbocycles. The van der Waals surface area contributed by atoms with Gasteiger partial charge in [0.15, 0.2) is 0 Å². The number of aromatic nitrogens is 2. The quantitative estimate of drug-likeness (QED) is 0.434. The van der Waals surface area contributed by atoms with Gasteiger partial charge in [0.05, 0.1) is 30.2 Å². The van der Waals surface area contributed by atoms with Crippen molar-refractivity contribution in [2.75, 3.05) is 60.3 Å². The number of benzene rings is 2. The molecule has 5 rings (SSSR count). The number of nitrogens with one attached hydrogen (secondary N) is 4. The number of fused-ring (bicyclic) bond motifs is 1. The van der Waals surface area contributed by atoms with E-state index in [1.165, 1.54) is 11.1 Å². The first-order chi connectivity index (χ1) is 16.9. The van der Waals surface area contributed by atoms with Gasteiger partial charge in [-0.2, -0.15) is 0 Å². The molecule has 2 aliphatic heterocycles. The van der Waals surface area contributed by atoms with Gasteiger partial charge in [-0.05, 0) is 43.5 Å². The molecule has 2 aliphatic rings. The van der Waals surface area contributed by atoms with Gasteiger partial charge in [-0.25, -0.2) is 0 Å². The first kappa shape index (κ1) is 23.0. The highest BCUT2D eigenvalue weighted by Crippen LogP contribution is 2.44. The number of ether oxygens (including phenoxy) is 1. The fraction of sp³-hybridized carbons (Fsp3) is 0.385. The summed E-state index contributed by atoms with van der Waals surface area (Å²) in [5, 5.41) is 11.7. The number of aryl methyl sites for hydroxylation is 2. The van der Waals surface area contributed by atoms with Crippen molar-refractivity contribution < 1.29 is 4.74 Å². The summed E-state index contributed by atoms with van der Waals surface area (Å²) in [5.74, 6) is 0. The minimum absolute atomic E-state index is 0.296. The Morgan fingerprint density at radius 2 is 1.83 bits per heavy atom. The van der Waals surface area contributed by atoms with E-state index in [-0.39, 0.29) is 11.1 Å². The van der Waals surface area contributed by atoms with Gasteiger partial charge < -0.3 is 25.2 Å². The topological polar surface area (TPSA) is 105 Å². The molecule has 9 nitrogen and oxygen atoms in total. The molecule has 9 heteroatoms. The summed E-state index contributed by atoms with van der Waals surface area (Å²) in [7, 11) is 1.95. The third-order valence-corrected chi connectivity index (χ3v) is 6.80. The molecule has 1 aromatic heterocycles. The van der Waals surface area contributed by atoms with E-state index in [0.29, 0.717) is 31.0 Å². The molecule has 0 bridgehead atoms. The van der Waals surface area contributed by atoms with Crippen LogP contribution < -0.4 is 31.6 Å². The summed E-state index contributed by atoms with van der Waals surface area (Å²) in [5.41, 5.74) is 6.58. The van der Waals surface area contributed by atoms with Gasteiger partial charge in [-0.1, -0.05) is 29.8 Å². The van der Waals surface area contributed by atoms with Crippen LogP contribution in [0.25, 0.3) is 0 Å². The smallest absolute Gasteiger partial charge is 0.286 e. The average Bonchev–Trinajstić information content (AvgIpc) is 3.18. The zero-order chi connectivity index (χ0) is 24.5. The van der Waals surface area contributed by atoms with Crippen LogP contribution in [0.3, 0.4) is 0 Å². The molecule has 0 spiro atoms. The van der Waals surface area contributed by atoms with Crippen LogP contribution in [-0.4, -0.2) is 50.1 Å². The summed E-state index contributed by atoms with van der Waals surface area (Å²) >= 11 is 0. The summed E-state index contributed by atoms with van der Waals surface area (Å²) < 4.78 is 5.50. The maximum absolute atomic E-state index is 13.0. The third kappa shape index (κ3) is 4.51. The Hall–Kier alpha value is -3.72. The molecule has 3 aromatic rings. The number of hydrogen-bond donors (Lipinski definition) is 4. The highest BCUT2D eigenvalue weighted by atomic mass is 16.5. The van der Waals surface area contributed by atoms with Gasteiger partial charge in [0, 0.05) is 32.4 Å². The molecule has 3 heterocycles. The van der Waals surface area contributed by atoms with Crippen molar-refractivity contribution in [2.45, 2.75) is 26.4 Å². The van der Waals surface area contributed by atoms with Crippen molar-refractivity contribution in [2.24, 2.45) is 0 Å². The second-order valence-electron chi connectivity index (χ2n) is 9.28. The van der Waals surface area contributed by atoms with Crippen LogP contribution in [0.15, 0.2) is 46.0 Å². The standard InChI is InChI=1S/C26H32N6O3/c1-16-5-4-6-18(13-16)7-8-27-22-21(25(33)29-30-26(22)34)24-28-20-15-19(32-9-11-35-12-10-32)14-17(2)23(20)31(24)3/h4-6,13-15,24,28H,7-12H2,1-3H3,(H,30,34)(H2,27,29,33). The van der Waals surface area contributed by atoms with Crippen LogP contribution in [0.4, 0.5) is 22.7 Å². The monoisotopic (exact) mass is 476 g/mol. The number of rotatable bonds is 6. The van der Waals surface area contributed by atoms with Crippen molar-refractivity contribution in [3.63, 3.8) is 0 Å². The first-order valence-electron chi connectivity index (χ1n) is 12.0. The normalized spacial score (nSPS) is 17.3. The number of anilines is 4. The summed E-state index contributed by atoms with van der Waals surface area (Å²) in [6.07, 6.45) is 0.264. The lowest BCUT2D eigenvalue weighted by Gasteiger charge is -2.29. The fourth-order valence-corrected chi connectivity index (χ4v) is 5.10. The second kappa shape index (κ2) is 9.50. The van der Waals surface area contributed by atoms with E-state index >= 15 is 0 Å². The predicted octanol–water partition coefficient (Wildman–Crippen LogP) is 2.73. The predicted molar refractivity (Wildman–Crippen MR) is 140 cm³/mol. The van der Waals surface area contributed by atoms with Gasteiger partial charge in [-0.15, -0.1) is 0 Å². The van der Waals surface area contributed by atoms with E-state index < -0.39 is 6.17 Å². The molecule has 1 fully saturated rings. The Bertz CT molecular complexity index is 1340. The minimum Gasteiger partial charge on any atom is -0.380 e. The van der Waals surface area contributed by atoms with Gasteiger partial charge in [0.25, 0.3) is 11.1 Å². The van der Waals surface area contributed by atoms with E-state index in [2.05, 4.69) is 69.9 Å². The van der Waals surface area contributed by atoms with Crippen molar-refractivity contribution in [3.8, 4) is 0 Å². The largest absolute Gasteiger partial charge is 0.380 e.